The number of aromatic nitrogens is 2. The fourth-order valence-electron chi connectivity index (χ4n) is 4.71. The number of H-pyrrole nitrogens is 1. The van der Waals surface area contributed by atoms with E-state index in [2.05, 4.69) is 61.1 Å². The molecule has 2 heterocycles. The number of nitrogens with zero attached hydrogens (tertiary/aromatic N) is 2. The lowest BCUT2D eigenvalue weighted by molar-refractivity contribution is -0.134. The van der Waals surface area contributed by atoms with E-state index in [1.807, 2.05) is 12.3 Å². The molecule has 0 aliphatic carbocycles. The van der Waals surface area contributed by atoms with E-state index in [-0.39, 0.29) is 0 Å². The molecule has 0 spiro atoms. The summed E-state index contributed by atoms with van der Waals surface area (Å²) in [6, 6.07) is 8.36. The minimum absolute atomic E-state index is 0.558. The molecule has 0 atom stereocenters. The number of nitrogens with one attached hydrogen (secondary N) is 2. The van der Waals surface area contributed by atoms with Crippen molar-refractivity contribution < 1.29 is 24.5 Å². The fraction of sp³-hybridized carbons (Fsp3) is 0.345. The molecule has 0 unspecified atom stereocenters. The molecule has 0 bridgehead atoms. The number of benzene rings is 2. The second kappa shape index (κ2) is 12.9. The van der Waals surface area contributed by atoms with E-state index in [1.54, 1.807) is 7.11 Å². The van der Waals surface area contributed by atoms with Crippen molar-refractivity contribution in [2.75, 3.05) is 38.6 Å². The lowest BCUT2D eigenvalue weighted by Crippen LogP contribution is -2.25. The SMILES string of the molecule is CCN(CC)CCCNc1nccc2c(C)c3[nH]c4ccc(OC)cc4c3c(C)c12.O=C(O)/C=C\C(=O)O. The molecule has 0 radical (unpaired) electrons. The summed E-state index contributed by atoms with van der Waals surface area (Å²) in [6.07, 6.45) is 4.13. The molecule has 9 heteroatoms. The van der Waals surface area contributed by atoms with Crippen molar-refractivity contribution in [3.63, 3.8) is 0 Å². The maximum atomic E-state index is 9.55. The number of carboxylic acid groups (broad SMARTS) is 2. The van der Waals surface area contributed by atoms with Gasteiger partial charge in [-0.15, -0.1) is 0 Å². The number of aromatic amines is 1. The largest absolute Gasteiger partial charge is 0.497 e. The van der Waals surface area contributed by atoms with Crippen LogP contribution in [0.25, 0.3) is 32.6 Å². The van der Waals surface area contributed by atoms with Gasteiger partial charge in [0, 0.05) is 46.6 Å². The average molecular weight is 521 g/mol. The Morgan fingerprint density at radius 3 is 2.32 bits per heavy atom. The lowest BCUT2D eigenvalue weighted by Gasteiger charge is -2.18. The van der Waals surface area contributed by atoms with E-state index in [1.165, 1.54) is 38.2 Å². The van der Waals surface area contributed by atoms with Crippen molar-refractivity contribution in [3.05, 3.63) is 53.7 Å². The van der Waals surface area contributed by atoms with E-state index >= 15 is 0 Å². The Bertz CT molecular complexity index is 1450. The van der Waals surface area contributed by atoms with Gasteiger partial charge >= 0.3 is 11.9 Å². The van der Waals surface area contributed by atoms with Crippen LogP contribution < -0.4 is 10.1 Å². The van der Waals surface area contributed by atoms with Gasteiger partial charge in [0.15, 0.2) is 0 Å². The summed E-state index contributed by atoms with van der Waals surface area (Å²) >= 11 is 0. The number of carboxylic acids is 2. The first-order chi connectivity index (χ1) is 18.2. The highest BCUT2D eigenvalue weighted by Gasteiger charge is 2.17. The van der Waals surface area contributed by atoms with Crippen molar-refractivity contribution in [1.82, 2.24) is 14.9 Å². The van der Waals surface area contributed by atoms with Crippen LogP contribution in [-0.2, 0) is 9.59 Å². The van der Waals surface area contributed by atoms with E-state index in [0.29, 0.717) is 12.2 Å². The normalized spacial score (nSPS) is 11.3. The Balaban J connectivity index is 0.000000436. The Morgan fingerprint density at radius 1 is 1.03 bits per heavy atom. The number of fused-ring (bicyclic) bond motifs is 4. The predicted molar refractivity (Wildman–Crippen MR) is 152 cm³/mol. The predicted octanol–water partition coefficient (Wildman–Crippen LogP) is 5.35. The van der Waals surface area contributed by atoms with Crippen LogP contribution in [0.1, 0.15) is 31.4 Å². The van der Waals surface area contributed by atoms with Gasteiger partial charge in [0.1, 0.15) is 11.6 Å². The molecule has 2 aromatic heterocycles. The van der Waals surface area contributed by atoms with Crippen molar-refractivity contribution in [3.8, 4) is 5.75 Å². The molecule has 4 rings (SSSR count). The first-order valence-corrected chi connectivity index (χ1v) is 12.7. The number of rotatable bonds is 10. The van der Waals surface area contributed by atoms with E-state index in [4.69, 9.17) is 19.9 Å². The molecule has 0 fully saturated rings. The third-order valence-corrected chi connectivity index (χ3v) is 6.69. The fourth-order valence-corrected chi connectivity index (χ4v) is 4.71. The number of pyridine rings is 1. The van der Waals surface area contributed by atoms with Crippen LogP contribution in [-0.4, -0.2) is 70.3 Å². The molecule has 2 aromatic carbocycles. The minimum Gasteiger partial charge on any atom is -0.497 e. The summed E-state index contributed by atoms with van der Waals surface area (Å²) in [7, 11) is 1.72. The van der Waals surface area contributed by atoms with Gasteiger partial charge in [-0.3, -0.25) is 0 Å². The molecule has 0 aliphatic heterocycles. The molecule has 4 N–H and O–H groups in total. The molecule has 9 nitrogen and oxygen atoms in total. The molecule has 38 heavy (non-hydrogen) atoms. The van der Waals surface area contributed by atoms with Crippen LogP contribution in [0.3, 0.4) is 0 Å². The van der Waals surface area contributed by atoms with Crippen LogP contribution in [0.4, 0.5) is 5.82 Å². The van der Waals surface area contributed by atoms with Crippen molar-refractivity contribution >= 4 is 50.3 Å². The Labute approximate surface area is 222 Å². The number of carbonyl (C=O) groups is 2. The van der Waals surface area contributed by atoms with Gasteiger partial charge in [0.2, 0.25) is 0 Å². The average Bonchev–Trinajstić information content (AvgIpc) is 3.30. The number of aliphatic carboxylic acids is 2. The number of ether oxygens (including phenoxy) is 1. The summed E-state index contributed by atoms with van der Waals surface area (Å²) in [5, 5.41) is 24.2. The highest BCUT2D eigenvalue weighted by molar-refractivity contribution is 6.18. The number of aryl methyl sites for hydroxylation is 2. The van der Waals surface area contributed by atoms with E-state index in [0.717, 1.165) is 49.7 Å². The second-order valence-corrected chi connectivity index (χ2v) is 8.94. The van der Waals surface area contributed by atoms with Gasteiger partial charge < -0.3 is 30.2 Å². The number of anilines is 1. The minimum atomic E-state index is -1.26. The monoisotopic (exact) mass is 520 g/mol. The molecule has 0 saturated carbocycles. The summed E-state index contributed by atoms with van der Waals surface area (Å²) in [6.45, 7) is 13.1. The van der Waals surface area contributed by atoms with Crippen LogP contribution in [0.2, 0.25) is 0 Å². The number of hydrogen-bond acceptors (Lipinski definition) is 6. The highest BCUT2D eigenvalue weighted by Crippen LogP contribution is 2.39. The van der Waals surface area contributed by atoms with Gasteiger partial charge in [-0.05, 0) is 80.7 Å². The maximum absolute atomic E-state index is 9.55. The highest BCUT2D eigenvalue weighted by atomic mass is 16.5. The Hall–Kier alpha value is -4.11. The zero-order valence-electron chi connectivity index (χ0n) is 22.6. The zero-order valence-corrected chi connectivity index (χ0v) is 22.6. The quantitative estimate of drug-likeness (QED) is 0.163. The first kappa shape index (κ1) is 28.5. The number of hydrogen-bond donors (Lipinski definition) is 4. The third-order valence-electron chi connectivity index (χ3n) is 6.69. The van der Waals surface area contributed by atoms with Crippen LogP contribution in [0, 0.1) is 13.8 Å². The van der Waals surface area contributed by atoms with Gasteiger partial charge in [0.05, 0.1) is 12.6 Å². The molecule has 4 aromatic rings. The van der Waals surface area contributed by atoms with Crippen LogP contribution in [0.15, 0.2) is 42.6 Å². The van der Waals surface area contributed by atoms with Crippen molar-refractivity contribution in [2.24, 2.45) is 0 Å². The van der Waals surface area contributed by atoms with Crippen molar-refractivity contribution in [1.29, 1.82) is 0 Å². The van der Waals surface area contributed by atoms with Crippen LogP contribution in [0.5, 0.6) is 5.75 Å². The first-order valence-electron chi connectivity index (χ1n) is 12.7. The number of methoxy groups -OCH3 is 1. The van der Waals surface area contributed by atoms with Crippen LogP contribution >= 0.6 is 0 Å². The Morgan fingerprint density at radius 2 is 1.71 bits per heavy atom. The molecular weight excluding hydrogens is 484 g/mol. The molecular formula is C29H36N4O5. The molecule has 0 saturated heterocycles. The topological polar surface area (TPSA) is 128 Å². The summed E-state index contributed by atoms with van der Waals surface area (Å²) < 4.78 is 5.48. The van der Waals surface area contributed by atoms with Gasteiger partial charge in [-0.2, -0.15) is 0 Å². The Kier molecular flexibility index (Phi) is 9.67. The smallest absolute Gasteiger partial charge is 0.328 e. The standard InChI is InChI=1S/C25H32N4O.C4H4O4/c1-6-29(7-2)14-8-12-26-25-23-17(4)22-20-15-18(30-5)9-10-21(20)28-24(22)16(3)19(23)11-13-27-25;5-3(6)1-2-4(7)8/h9-11,13,15,28H,6-8,12,14H2,1-5H3,(H,26,27);1-2H,(H,5,6)(H,7,8)/b;2-1-. The third kappa shape index (κ3) is 6.41. The van der Waals surface area contributed by atoms with Gasteiger partial charge in [-0.25, -0.2) is 14.6 Å². The zero-order chi connectivity index (χ0) is 27.8. The summed E-state index contributed by atoms with van der Waals surface area (Å²) in [5.41, 5.74) is 4.84. The molecule has 0 amide bonds. The molecule has 202 valence electrons. The molecule has 0 aliphatic rings. The van der Waals surface area contributed by atoms with E-state index in [9.17, 15) is 9.59 Å². The summed E-state index contributed by atoms with van der Waals surface area (Å²) in [5.74, 6) is -0.659. The lowest BCUT2D eigenvalue weighted by atomic mass is 9.96. The maximum Gasteiger partial charge on any atom is 0.328 e. The van der Waals surface area contributed by atoms with Gasteiger partial charge in [0.25, 0.3) is 0 Å². The van der Waals surface area contributed by atoms with E-state index < -0.39 is 11.9 Å². The second-order valence-electron chi connectivity index (χ2n) is 8.94. The van der Waals surface area contributed by atoms with Gasteiger partial charge in [-0.1, -0.05) is 13.8 Å². The summed E-state index contributed by atoms with van der Waals surface area (Å²) in [4.78, 5) is 29.9. The van der Waals surface area contributed by atoms with Crippen molar-refractivity contribution in [2.45, 2.75) is 34.1 Å².